The van der Waals surface area contributed by atoms with Gasteiger partial charge in [-0.2, -0.15) is 15.3 Å². The SMILES string of the molecule is Cc1cc2c(F)c(Oc3ncnc(Nc4cc(-c5ccc6c(c5)OCO6)[nH]n4)c3C(=O)N(C)C)cc(F)c2[nH]1.Cc1cc2c(F)c(Oc3ncnc(Nc4cc(-c5ccc6nccnc6c5)[nH]n4)c3C(=O)N(C)C)cc(F)c2[nH]1.Cc1cc2c(F)c(Oc3ncnc(Nc4cc(-c5ccccn5)[nH]n4)c3C(=O)N(C)C)cc(F)c2[nH]1. The quantitative estimate of drug-likeness (QED) is 0.0360. The number of rotatable bonds is 18. The summed E-state index contributed by atoms with van der Waals surface area (Å²) < 4.78 is 118. The van der Waals surface area contributed by atoms with E-state index in [4.69, 9.17) is 23.7 Å². The monoisotopic (exact) mass is 1560 g/mol. The zero-order chi connectivity index (χ0) is 80.6. The molecular formula is C77H62F6N24O8. The Morgan fingerprint density at radius 1 is 0.409 bits per heavy atom. The number of fused-ring (bicyclic) bond motifs is 5. The number of aromatic nitrogens is 18. The van der Waals surface area contributed by atoms with Gasteiger partial charge in [0.15, 0.2) is 98.6 Å². The van der Waals surface area contributed by atoms with Crippen LogP contribution in [-0.2, 0) is 0 Å². The van der Waals surface area contributed by atoms with Crippen molar-refractivity contribution in [1.29, 1.82) is 0 Å². The molecule has 16 aromatic rings. The lowest BCUT2D eigenvalue weighted by molar-refractivity contribution is 0.0817. The summed E-state index contributed by atoms with van der Waals surface area (Å²) in [5, 5.41) is 30.5. The number of halogens is 6. The molecule has 9 N–H and O–H groups in total. The van der Waals surface area contributed by atoms with Gasteiger partial charge in [-0.05, 0) is 81.4 Å². The molecule has 0 fully saturated rings. The van der Waals surface area contributed by atoms with Crippen LogP contribution in [0.15, 0.2) is 147 Å². The van der Waals surface area contributed by atoms with Crippen molar-refractivity contribution in [1.82, 2.24) is 105 Å². The van der Waals surface area contributed by atoms with Crippen LogP contribution in [0.5, 0.6) is 46.4 Å². The summed E-state index contributed by atoms with van der Waals surface area (Å²) in [6.07, 6.45) is 8.32. The molecule has 0 spiro atoms. The first kappa shape index (κ1) is 74.9. The zero-order valence-electron chi connectivity index (χ0n) is 61.8. The third kappa shape index (κ3) is 15.3. The summed E-state index contributed by atoms with van der Waals surface area (Å²) in [5.74, 6) is -5.68. The number of H-pyrrole nitrogens is 6. The highest BCUT2D eigenvalue weighted by atomic mass is 19.1. The molecule has 5 aromatic carbocycles. The Balaban J connectivity index is 0.000000136. The number of anilines is 6. The van der Waals surface area contributed by atoms with Gasteiger partial charge in [-0.15, -0.1) is 0 Å². The first-order chi connectivity index (χ1) is 55.4. The molecule has 0 unspecified atom stereocenters. The highest BCUT2D eigenvalue weighted by Crippen LogP contribution is 2.41. The predicted molar refractivity (Wildman–Crippen MR) is 408 cm³/mol. The maximum atomic E-state index is 15.3. The molecule has 0 saturated heterocycles. The highest BCUT2D eigenvalue weighted by Gasteiger charge is 2.31. The number of nitrogens with one attached hydrogen (secondary N) is 9. The van der Waals surface area contributed by atoms with Crippen molar-refractivity contribution >= 4 is 96.4 Å². The van der Waals surface area contributed by atoms with Gasteiger partial charge in [0, 0.05) is 142 Å². The fraction of sp³-hybridized carbons (Fsp3) is 0.130. The van der Waals surface area contributed by atoms with Gasteiger partial charge in [0.05, 0.1) is 50.4 Å². The molecule has 32 nitrogen and oxygen atoms in total. The van der Waals surface area contributed by atoms with E-state index < -0.39 is 69.9 Å². The van der Waals surface area contributed by atoms with Crippen LogP contribution in [0.2, 0.25) is 0 Å². The number of carbonyl (C=O) groups is 3. The summed E-state index contributed by atoms with van der Waals surface area (Å²) >= 11 is 0. The van der Waals surface area contributed by atoms with Gasteiger partial charge in [-0.3, -0.25) is 44.6 Å². The standard InChI is InChI=1S/C27H21F2N9O2.C26H21F2N7O4.C24H20F2N8O2/c1-13-8-15-23(29)20(10-16(28)24(15)34-13)40-26-22(27(39)38(2)3)25(32-12-33-26)35-21-11-18(36-37-21)14-4-5-17-19(9-14)31-7-6-30-17;1-12-6-14-22(28)19(8-15(27)23(14)31-12)39-25-21(26(36)35(2)3)24(29-10-30-25)32-20-9-16(33-34-20)13-4-5-17-18(7-13)38-11-37-17;1-12-8-13-20(26)17(9-14(25)21(13)30-12)36-23-19(24(35)34(2)3)22(28-11-29-23)31-18-10-16(32-33-18)15-6-4-5-7-27-15/h4-12,34H,1-3H3,(H2,32,33,35,36,37);4-10,31H,11H2,1-3H3,(H2,29,30,32,33,34);4-11,30H,1-3H3,(H2,28,29,31,32,33). The molecule has 11 aromatic heterocycles. The van der Waals surface area contributed by atoms with Crippen molar-refractivity contribution in [2.24, 2.45) is 0 Å². The van der Waals surface area contributed by atoms with E-state index >= 15 is 13.2 Å². The van der Waals surface area contributed by atoms with Crippen LogP contribution in [0.4, 0.5) is 61.2 Å². The number of pyridine rings is 1. The first-order valence-corrected chi connectivity index (χ1v) is 34.5. The minimum Gasteiger partial charge on any atom is -0.454 e. The molecule has 38 heteroatoms. The minimum absolute atomic E-state index is 0.0166. The van der Waals surface area contributed by atoms with Gasteiger partial charge >= 0.3 is 0 Å². The first-order valence-electron chi connectivity index (χ1n) is 34.5. The molecule has 0 bridgehead atoms. The van der Waals surface area contributed by atoms with Crippen molar-refractivity contribution in [3.63, 3.8) is 0 Å². The van der Waals surface area contributed by atoms with Crippen molar-refractivity contribution in [2.75, 3.05) is 65.0 Å². The van der Waals surface area contributed by atoms with Gasteiger partial charge in [0.1, 0.15) is 35.7 Å². The Labute approximate surface area is 644 Å². The largest absolute Gasteiger partial charge is 0.454 e. The van der Waals surface area contributed by atoms with Crippen LogP contribution in [0, 0.1) is 55.7 Å². The van der Waals surface area contributed by atoms with Crippen molar-refractivity contribution in [3.8, 4) is 80.3 Å². The van der Waals surface area contributed by atoms with E-state index in [0.29, 0.717) is 68.8 Å². The second kappa shape index (κ2) is 31.1. The molecule has 1 aliphatic heterocycles. The Hall–Kier alpha value is -15.5. The van der Waals surface area contributed by atoms with E-state index in [2.05, 4.69) is 106 Å². The highest BCUT2D eigenvalue weighted by molar-refractivity contribution is 6.03. The number of hydrogen-bond acceptors (Lipinski definition) is 23. The van der Waals surface area contributed by atoms with E-state index in [1.807, 2.05) is 42.5 Å². The summed E-state index contributed by atoms with van der Waals surface area (Å²) in [6.45, 7) is 5.21. The fourth-order valence-electron chi connectivity index (χ4n) is 12.1. The van der Waals surface area contributed by atoms with E-state index in [-0.39, 0.29) is 91.3 Å². The second-order valence-corrected chi connectivity index (χ2v) is 26.3. The normalized spacial score (nSPS) is 11.5. The molecule has 0 atom stereocenters. The lowest BCUT2D eigenvalue weighted by Gasteiger charge is -2.17. The average Bonchev–Trinajstić information content (AvgIpc) is 1.67. The number of amides is 3. The fourth-order valence-corrected chi connectivity index (χ4v) is 12.1. The minimum atomic E-state index is -0.798. The van der Waals surface area contributed by atoms with Crippen LogP contribution >= 0.6 is 0 Å². The number of benzene rings is 5. The summed E-state index contributed by atoms with van der Waals surface area (Å²) in [6, 6.07) is 28.7. The number of aromatic amines is 6. The molecule has 0 saturated carbocycles. The van der Waals surface area contributed by atoms with Crippen LogP contribution in [0.25, 0.3) is 77.6 Å². The summed E-state index contributed by atoms with van der Waals surface area (Å²) in [7, 11) is 9.20. The molecule has 0 radical (unpaired) electrons. The number of nitrogens with zero attached hydrogens (tertiary/aromatic N) is 15. The molecule has 12 heterocycles. The lowest BCUT2D eigenvalue weighted by atomic mass is 10.1. The molecule has 3 amide bonds. The number of ether oxygens (including phenoxy) is 5. The number of carbonyl (C=O) groups excluding carboxylic acids is 3. The zero-order valence-corrected chi connectivity index (χ0v) is 61.8. The second-order valence-electron chi connectivity index (χ2n) is 26.3. The molecule has 580 valence electrons. The third-order valence-electron chi connectivity index (χ3n) is 17.5. The molecule has 17 rings (SSSR count). The maximum absolute atomic E-state index is 15.3. The number of hydrogen-bond donors (Lipinski definition) is 9. The van der Waals surface area contributed by atoms with Crippen molar-refractivity contribution in [2.45, 2.75) is 20.8 Å². The Morgan fingerprint density at radius 3 is 1.22 bits per heavy atom. The Kier molecular flexibility index (Phi) is 20.3. The van der Waals surface area contributed by atoms with Crippen LogP contribution < -0.4 is 39.6 Å². The number of aryl methyl sites for hydroxylation is 3. The molecule has 115 heavy (non-hydrogen) atoms. The Morgan fingerprint density at radius 2 is 0.800 bits per heavy atom. The summed E-state index contributed by atoms with van der Waals surface area (Å²) in [4.78, 5) is 89.2. The predicted octanol–water partition coefficient (Wildman–Crippen LogP) is 14.6. The molecule has 1 aliphatic rings. The van der Waals surface area contributed by atoms with E-state index in [0.717, 1.165) is 59.3 Å². The van der Waals surface area contributed by atoms with Gasteiger partial charge in [0.25, 0.3) is 17.7 Å². The van der Waals surface area contributed by atoms with Crippen LogP contribution in [0.1, 0.15) is 48.2 Å². The van der Waals surface area contributed by atoms with E-state index in [9.17, 15) is 27.6 Å². The van der Waals surface area contributed by atoms with Crippen molar-refractivity contribution in [3.05, 3.63) is 215 Å². The van der Waals surface area contributed by atoms with Crippen LogP contribution in [-0.4, -0.2) is 172 Å². The lowest BCUT2D eigenvalue weighted by Crippen LogP contribution is -2.24. The van der Waals surface area contributed by atoms with Gasteiger partial charge < -0.3 is 69.3 Å². The smallest absolute Gasteiger partial charge is 0.262 e. The van der Waals surface area contributed by atoms with Gasteiger partial charge in [-0.25, -0.2) is 56.2 Å². The molecular weight excluding hydrogens is 1500 g/mol. The summed E-state index contributed by atoms with van der Waals surface area (Å²) in [5.41, 5.74) is 7.25. The molecule has 0 aliphatic carbocycles. The van der Waals surface area contributed by atoms with Gasteiger partial charge in [0.2, 0.25) is 24.4 Å². The average molecular weight is 1570 g/mol. The maximum Gasteiger partial charge on any atom is 0.262 e. The Bertz CT molecular complexity index is 6460. The van der Waals surface area contributed by atoms with E-state index in [1.54, 1.807) is 69.7 Å². The van der Waals surface area contributed by atoms with Crippen molar-refractivity contribution < 1.29 is 64.4 Å². The van der Waals surface area contributed by atoms with Crippen LogP contribution in [0.3, 0.4) is 0 Å². The topological polar surface area (TPSA) is 393 Å². The third-order valence-corrected chi connectivity index (χ3v) is 17.5. The van der Waals surface area contributed by atoms with E-state index in [1.165, 1.54) is 75.2 Å². The van der Waals surface area contributed by atoms with Gasteiger partial charge in [-0.1, -0.05) is 12.1 Å².